The van der Waals surface area contributed by atoms with Gasteiger partial charge in [0, 0.05) is 17.8 Å². The van der Waals surface area contributed by atoms with Crippen molar-refractivity contribution in [1.29, 1.82) is 0 Å². The molecule has 0 spiro atoms. The van der Waals surface area contributed by atoms with Gasteiger partial charge in [0.1, 0.15) is 29.0 Å². The number of hydrogen-bond acceptors (Lipinski definition) is 6. The van der Waals surface area contributed by atoms with Gasteiger partial charge in [-0.25, -0.2) is 36.9 Å². The Morgan fingerprint density at radius 2 is 1.87 bits per heavy atom. The Morgan fingerprint density at radius 3 is 2.71 bits per heavy atom. The molecule has 0 aliphatic carbocycles. The predicted octanol–water partition coefficient (Wildman–Crippen LogP) is 3.09. The highest BCUT2D eigenvalue weighted by atomic mass is 32.2. The SMILES string of the molecule is O=[SH](=O)NCCCc1ccc(F)c(Nc2ccccc2-c2ncnc3[nH]cnc23)c1F. The second-order valence-corrected chi connectivity index (χ2v) is 7.49. The Hall–Kier alpha value is -3.44. The Balaban J connectivity index is 1.66. The first-order valence-corrected chi connectivity index (χ1v) is 10.6. The van der Waals surface area contributed by atoms with E-state index in [4.69, 9.17) is 0 Å². The number of para-hydroxylation sites is 1. The maximum absolute atomic E-state index is 15.1. The lowest BCUT2D eigenvalue weighted by Crippen LogP contribution is -2.13. The zero-order valence-electron chi connectivity index (χ0n) is 16.1. The van der Waals surface area contributed by atoms with E-state index in [-0.39, 0.29) is 24.2 Å². The maximum Gasteiger partial charge on any atom is 0.201 e. The first-order valence-electron chi connectivity index (χ1n) is 9.40. The molecule has 0 amide bonds. The number of fused-ring (bicyclic) bond motifs is 1. The number of thiol groups is 1. The molecular formula is C20H18F2N6O2S. The van der Waals surface area contributed by atoms with E-state index in [0.29, 0.717) is 34.5 Å². The topological polar surface area (TPSA) is 113 Å². The van der Waals surface area contributed by atoms with Crippen molar-refractivity contribution in [3.05, 3.63) is 66.3 Å². The number of halogens is 2. The van der Waals surface area contributed by atoms with Crippen molar-refractivity contribution in [3.8, 4) is 11.3 Å². The second-order valence-electron chi connectivity index (χ2n) is 6.66. The Labute approximate surface area is 177 Å². The van der Waals surface area contributed by atoms with Gasteiger partial charge in [0.2, 0.25) is 10.9 Å². The van der Waals surface area contributed by atoms with Crippen LogP contribution in [0, 0.1) is 11.6 Å². The second kappa shape index (κ2) is 9.14. The number of H-pyrrole nitrogens is 1. The van der Waals surface area contributed by atoms with Crippen LogP contribution in [-0.4, -0.2) is 34.9 Å². The van der Waals surface area contributed by atoms with E-state index in [1.54, 1.807) is 24.3 Å². The van der Waals surface area contributed by atoms with Gasteiger partial charge in [0.05, 0.1) is 6.33 Å². The Kier molecular flexibility index (Phi) is 6.14. The molecule has 8 nitrogen and oxygen atoms in total. The number of hydrogen-bond donors (Lipinski definition) is 4. The maximum atomic E-state index is 15.1. The van der Waals surface area contributed by atoms with E-state index >= 15 is 4.39 Å². The monoisotopic (exact) mass is 444 g/mol. The van der Waals surface area contributed by atoms with E-state index in [2.05, 4.69) is 30.0 Å². The number of aromatic amines is 1. The van der Waals surface area contributed by atoms with Crippen LogP contribution in [0.25, 0.3) is 22.4 Å². The van der Waals surface area contributed by atoms with E-state index in [1.165, 1.54) is 24.8 Å². The molecule has 0 bridgehead atoms. The Morgan fingerprint density at radius 1 is 1.03 bits per heavy atom. The summed E-state index contributed by atoms with van der Waals surface area (Å²) in [7, 11) is -2.70. The molecule has 31 heavy (non-hydrogen) atoms. The predicted molar refractivity (Wildman–Crippen MR) is 113 cm³/mol. The van der Waals surface area contributed by atoms with Gasteiger partial charge in [-0.3, -0.25) is 0 Å². The zero-order chi connectivity index (χ0) is 21.8. The number of benzene rings is 2. The lowest BCUT2D eigenvalue weighted by molar-refractivity contribution is 0.574. The molecule has 0 radical (unpaired) electrons. The van der Waals surface area contributed by atoms with Gasteiger partial charge in [-0.05, 0) is 30.5 Å². The van der Waals surface area contributed by atoms with Crippen LogP contribution in [0.4, 0.5) is 20.2 Å². The highest BCUT2D eigenvalue weighted by Crippen LogP contribution is 2.34. The number of anilines is 2. The molecule has 0 aliphatic heterocycles. The molecule has 4 rings (SSSR count). The minimum Gasteiger partial charge on any atom is -0.350 e. The van der Waals surface area contributed by atoms with Gasteiger partial charge in [-0.1, -0.05) is 24.3 Å². The van der Waals surface area contributed by atoms with Crippen LogP contribution >= 0.6 is 0 Å². The average Bonchev–Trinajstić information content (AvgIpc) is 3.25. The van der Waals surface area contributed by atoms with Crippen molar-refractivity contribution in [1.82, 2.24) is 24.7 Å². The summed E-state index contributed by atoms with van der Waals surface area (Å²) in [5.74, 6) is -1.47. The minimum absolute atomic E-state index is 0.175. The van der Waals surface area contributed by atoms with Crippen molar-refractivity contribution in [2.45, 2.75) is 12.8 Å². The van der Waals surface area contributed by atoms with E-state index in [1.807, 2.05) is 0 Å². The van der Waals surface area contributed by atoms with E-state index in [9.17, 15) is 12.8 Å². The van der Waals surface area contributed by atoms with Crippen molar-refractivity contribution in [2.24, 2.45) is 0 Å². The van der Waals surface area contributed by atoms with Crippen molar-refractivity contribution in [3.63, 3.8) is 0 Å². The summed E-state index contributed by atoms with van der Waals surface area (Å²) < 4.78 is 53.0. The fourth-order valence-electron chi connectivity index (χ4n) is 3.25. The first-order chi connectivity index (χ1) is 15.0. The molecule has 0 aliphatic rings. The van der Waals surface area contributed by atoms with Gasteiger partial charge in [0.15, 0.2) is 11.5 Å². The third-order valence-electron chi connectivity index (χ3n) is 4.69. The van der Waals surface area contributed by atoms with Crippen LogP contribution in [0.1, 0.15) is 12.0 Å². The van der Waals surface area contributed by atoms with Gasteiger partial charge in [0.25, 0.3) is 0 Å². The molecule has 160 valence electrons. The van der Waals surface area contributed by atoms with Crippen LogP contribution in [0.3, 0.4) is 0 Å². The standard InChI is InChI=1S/C20H18F2N6O2S/c21-14-8-7-12(4-3-9-27-31(29)30)16(22)18(14)28-15-6-2-1-5-13(15)17-19-20(25-10-23-17)26-11-24-19/h1-2,5-8,10-11,28,31H,3-4,9H2,(H,27,29,30)(H,23,24,25,26). The highest BCUT2D eigenvalue weighted by Gasteiger charge is 2.17. The van der Waals surface area contributed by atoms with Gasteiger partial charge in [-0.2, -0.15) is 0 Å². The number of nitrogens with one attached hydrogen (secondary N) is 3. The number of rotatable bonds is 8. The molecule has 0 saturated carbocycles. The van der Waals surface area contributed by atoms with E-state index in [0.717, 1.165) is 0 Å². The summed E-state index contributed by atoms with van der Waals surface area (Å²) in [6.45, 7) is 0.175. The summed E-state index contributed by atoms with van der Waals surface area (Å²) in [6.07, 6.45) is 3.51. The zero-order valence-corrected chi connectivity index (χ0v) is 17.0. The number of nitrogens with zero attached hydrogens (tertiary/aromatic N) is 3. The van der Waals surface area contributed by atoms with Gasteiger partial charge >= 0.3 is 0 Å². The molecule has 11 heteroatoms. The smallest absolute Gasteiger partial charge is 0.201 e. The average molecular weight is 444 g/mol. The fraction of sp³-hybridized carbons (Fsp3) is 0.150. The lowest BCUT2D eigenvalue weighted by atomic mass is 10.1. The first kappa shape index (κ1) is 20.8. The molecule has 0 saturated heterocycles. The van der Waals surface area contributed by atoms with Crippen LogP contribution in [0.2, 0.25) is 0 Å². The van der Waals surface area contributed by atoms with Gasteiger partial charge < -0.3 is 10.3 Å². The Bertz CT molecular complexity index is 1300. The molecular weight excluding hydrogens is 426 g/mol. The van der Waals surface area contributed by atoms with Crippen LogP contribution in [-0.2, 0) is 17.3 Å². The van der Waals surface area contributed by atoms with E-state index < -0.39 is 22.5 Å². The molecule has 2 heterocycles. The summed E-state index contributed by atoms with van der Waals surface area (Å²) in [4.78, 5) is 15.6. The number of imidazole rings is 1. The third-order valence-corrected chi connectivity index (χ3v) is 5.18. The summed E-state index contributed by atoms with van der Waals surface area (Å²) in [5, 5.41) is 2.85. The van der Waals surface area contributed by atoms with Crippen molar-refractivity contribution < 1.29 is 17.2 Å². The number of aryl methyl sites for hydroxylation is 1. The van der Waals surface area contributed by atoms with Gasteiger partial charge in [-0.15, -0.1) is 0 Å². The molecule has 0 fully saturated rings. The summed E-state index contributed by atoms with van der Waals surface area (Å²) in [5.41, 5.74) is 2.65. The summed E-state index contributed by atoms with van der Waals surface area (Å²) >= 11 is 0. The van der Waals surface area contributed by atoms with Crippen LogP contribution < -0.4 is 10.0 Å². The van der Waals surface area contributed by atoms with Crippen LogP contribution in [0.15, 0.2) is 49.1 Å². The third kappa shape index (κ3) is 4.52. The fourth-order valence-corrected chi connectivity index (χ4v) is 3.59. The quantitative estimate of drug-likeness (QED) is 0.245. The molecule has 2 aromatic heterocycles. The van der Waals surface area contributed by atoms with Crippen molar-refractivity contribution in [2.75, 3.05) is 11.9 Å². The lowest BCUT2D eigenvalue weighted by Gasteiger charge is -2.15. The molecule has 0 atom stereocenters. The number of aromatic nitrogens is 4. The molecule has 2 aromatic carbocycles. The molecule has 3 N–H and O–H groups in total. The highest BCUT2D eigenvalue weighted by molar-refractivity contribution is 7.70. The van der Waals surface area contributed by atoms with Crippen molar-refractivity contribution >= 4 is 33.4 Å². The largest absolute Gasteiger partial charge is 0.350 e. The normalized spacial score (nSPS) is 11.3. The van der Waals surface area contributed by atoms with Crippen LogP contribution in [0.5, 0.6) is 0 Å². The molecule has 0 unspecified atom stereocenters. The summed E-state index contributed by atoms with van der Waals surface area (Å²) in [6, 6.07) is 9.53. The molecule has 4 aromatic rings. The minimum atomic E-state index is -2.70.